The molecule has 25 heavy (non-hydrogen) atoms. The van der Waals surface area contributed by atoms with Crippen LogP contribution in [-0.4, -0.2) is 34.7 Å². The van der Waals surface area contributed by atoms with Gasteiger partial charge < -0.3 is 10.1 Å². The summed E-state index contributed by atoms with van der Waals surface area (Å²) in [5, 5.41) is 13.7. The topological polar surface area (TPSA) is 64.1 Å². The van der Waals surface area contributed by atoms with Gasteiger partial charge >= 0.3 is 6.09 Å². The Hall–Kier alpha value is -1.77. The zero-order valence-electron chi connectivity index (χ0n) is 13.2. The highest BCUT2D eigenvalue weighted by atomic mass is 32.2. The minimum absolute atomic E-state index is 0.0896. The molecular weight excluding hydrogens is 374 g/mol. The molecule has 1 saturated heterocycles. The number of cyclic esters (lactones) is 1. The Morgan fingerprint density at radius 3 is 2.76 bits per heavy atom. The van der Waals surface area contributed by atoms with E-state index in [1.165, 1.54) is 16.3 Å². The number of carbonyl (C=O) groups is 1. The van der Waals surface area contributed by atoms with Crippen molar-refractivity contribution in [1.82, 2.24) is 15.5 Å². The monoisotopic (exact) mass is 389 g/mol. The van der Waals surface area contributed by atoms with Gasteiger partial charge in [0.15, 0.2) is 8.68 Å². The minimum atomic E-state index is -0.339. The first kappa shape index (κ1) is 16.7. The van der Waals surface area contributed by atoms with Crippen LogP contribution in [0.5, 0.6) is 0 Å². The number of carbonyl (C=O) groups excluding carboxylic acids is 1. The van der Waals surface area contributed by atoms with E-state index < -0.39 is 0 Å². The lowest BCUT2D eigenvalue weighted by Gasteiger charge is -2.04. The zero-order valence-corrected chi connectivity index (χ0v) is 15.6. The molecule has 5 nitrogen and oxygen atoms in total. The third-order valence-corrected chi connectivity index (χ3v) is 7.13. The van der Waals surface area contributed by atoms with Crippen LogP contribution in [0, 0.1) is 0 Å². The fraction of sp³-hybridized carbons (Fsp3) is 0.235. The van der Waals surface area contributed by atoms with Crippen molar-refractivity contribution in [3.63, 3.8) is 0 Å². The van der Waals surface area contributed by atoms with Gasteiger partial charge in [-0.1, -0.05) is 77.3 Å². The number of alkyl carbamates (subject to hydrolysis) is 1. The van der Waals surface area contributed by atoms with Crippen LogP contribution >= 0.6 is 34.9 Å². The van der Waals surface area contributed by atoms with Crippen molar-refractivity contribution in [1.29, 1.82) is 0 Å². The Kier molecular flexibility index (Phi) is 5.09. The van der Waals surface area contributed by atoms with Gasteiger partial charge in [0.2, 0.25) is 0 Å². The summed E-state index contributed by atoms with van der Waals surface area (Å²) >= 11 is 4.87. The Morgan fingerprint density at radius 1 is 1.12 bits per heavy atom. The molecule has 1 aliphatic heterocycles. The van der Waals surface area contributed by atoms with Crippen LogP contribution in [-0.2, 0) is 10.5 Å². The molecule has 0 unspecified atom stereocenters. The third kappa shape index (κ3) is 4.08. The number of thioether (sulfide) groups is 2. The van der Waals surface area contributed by atoms with Gasteiger partial charge in [-0.15, -0.1) is 10.2 Å². The average Bonchev–Trinajstić information content (AvgIpc) is 3.27. The molecule has 0 aliphatic carbocycles. The molecule has 4 rings (SSSR count). The van der Waals surface area contributed by atoms with E-state index in [0.29, 0.717) is 12.3 Å². The van der Waals surface area contributed by atoms with Crippen molar-refractivity contribution in [2.75, 3.05) is 12.3 Å². The van der Waals surface area contributed by atoms with Crippen molar-refractivity contribution in [3.05, 3.63) is 48.0 Å². The Morgan fingerprint density at radius 2 is 1.92 bits per heavy atom. The maximum Gasteiger partial charge on any atom is 0.407 e. The predicted octanol–water partition coefficient (Wildman–Crippen LogP) is 4.18. The number of nitrogens with zero attached hydrogens (tertiary/aromatic N) is 2. The molecule has 1 aliphatic rings. The molecule has 2 aromatic carbocycles. The van der Waals surface area contributed by atoms with Crippen LogP contribution in [0.4, 0.5) is 4.79 Å². The minimum Gasteiger partial charge on any atom is -0.443 e. The number of nitrogens with one attached hydrogen (secondary N) is 1. The summed E-state index contributed by atoms with van der Waals surface area (Å²) in [4.78, 5) is 11.0. The van der Waals surface area contributed by atoms with Gasteiger partial charge in [-0.2, -0.15) is 0 Å². The number of fused-ring (bicyclic) bond motifs is 1. The molecular formula is C17H15N3O2S3. The van der Waals surface area contributed by atoms with Crippen molar-refractivity contribution >= 4 is 51.7 Å². The standard InChI is InChI=1S/C17H15N3O2S3/c21-15-18-8-13(22-15)10-24-17-20-19-16(25-17)23-9-12-6-3-5-11-4-1-2-7-14(11)12/h1-7,13H,8-10H2,(H,18,21)/t13-/m1/s1. The molecule has 0 spiro atoms. The zero-order chi connectivity index (χ0) is 17.1. The average molecular weight is 390 g/mol. The van der Waals surface area contributed by atoms with Gasteiger partial charge in [-0.25, -0.2) is 4.79 Å². The number of hydrogen-bond donors (Lipinski definition) is 1. The number of aromatic nitrogens is 2. The lowest BCUT2D eigenvalue weighted by molar-refractivity contribution is 0.150. The van der Waals surface area contributed by atoms with Gasteiger partial charge in [-0.3, -0.25) is 0 Å². The number of hydrogen-bond acceptors (Lipinski definition) is 7. The summed E-state index contributed by atoms with van der Waals surface area (Å²) in [6.45, 7) is 0.563. The molecule has 128 valence electrons. The summed E-state index contributed by atoms with van der Waals surface area (Å²) < 4.78 is 6.98. The van der Waals surface area contributed by atoms with Gasteiger partial charge in [0.1, 0.15) is 6.10 Å². The highest BCUT2D eigenvalue weighted by Gasteiger charge is 2.23. The summed E-state index contributed by atoms with van der Waals surface area (Å²) in [5.41, 5.74) is 1.30. The SMILES string of the molecule is O=C1NC[C@H](CSc2nnc(SCc3cccc4ccccc34)s2)O1. The Balaban J connectivity index is 1.35. The molecule has 1 atom stereocenters. The molecule has 3 aromatic rings. The maximum atomic E-state index is 11.0. The second kappa shape index (κ2) is 7.63. The molecule has 2 heterocycles. The van der Waals surface area contributed by atoms with Crippen LogP contribution in [0.3, 0.4) is 0 Å². The lowest BCUT2D eigenvalue weighted by Crippen LogP contribution is -2.16. The van der Waals surface area contributed by atoms with Crippen LogP contribution < -0.4 is 5.32 Å². The third-order valence-electron chi connectivity index (χ3n) is 3.76. The number of rotatable bonds is 6. The lowest BCUT2D eigenvalue weighted by atomic mass is 10.1. The summed E-state index contributed by atoms with van der Waals surface area (Å²) in [6.07, 6.45) is -0.428. The van der Waals surface area contributed by atoms with Gasteiger partial charge in [-0.05, 0) is 16.3 Å². The molecule has 1 fully saturated rings. The molecule has 0 bridgehead atoms. The summed E-state index contributed by atoms with van der Waals surface area (Å²) in [5.74, 6) is 1.56. The van der Waals surface area contributed by atoms with Gasteiger partial charge in [0.05, 0.1) is 6.54 Å². The van der Waals surface area contributed by atoms with Crippen molar-refractivity contribution in [3.8, 4) is 0 Å². The smallest absolute Gasteiger partial charge is 0.407 e. The molecule has 1 amide bonds. The van der Waals surface area contributed by atoms with Gasteiger partial charge in [0.25, 0.3) is 0 Å². The van der Waals surface area contributed by atoms with E-state index in [4.69, 9.17) is 4.74 Å². The quantitative estimate of drug-likeness (QED) is 0.638. The van der Waals surface area contributed by atoms with E-state index in [1.54, 1.807) is 34.9 Å². The van der Waals surface area contributed by atoms with Crippen molar-refractivity contribution in [2.45, 2.75) is 20.5 Å². The number of benzene rings is 2. The highest BCUT2D eigenvalue weighted by molar-refractivity contribution is 8.02. The molecule has 0 radical (unpaired) electrons. The van der Waals surface area contributed by atoms with E-state index in [2.05, 4.69) is 58.0 Å². The van der Waals surface area contributed by atoms with Crippen molar-refractivity contribution in [2.24, 2.45) is 0 Å². The van der Waals surface area contributed by atoms with Crippen LogP contribution in [0.15, 0.2) is 51.1 Å². The largest absolute Gasteiger partial charge is 0.443 e. The predicted molar refractivity (Wildman–Crippen MR) is 102 cm³/mol. The first-order valence-corrected chi connectivity index (χ1v) is 10.6. The number of amides is 1. The first-order valence-electron chi connectivity index (χ1n) is 7.78. The van der Waals surface area contributed by atoms with Gasteiger partial charge in [0, 0.05) is 11.5 Å². The second-order valence-electron chi connectivity index (χ2n) is 5.48. The molecule has 1 N–H and O–H groups in total. The van der Waals surface area contributed by atoms with Crippen LogP contribution in [0.25, 0.3) is 10.8 Å². The van der Waals surface area contributed by atoms with E-state index >= 15 is 0 Å². The molecule has 1 aromatic heterocycles. The van der Waals surface area contributed by atoms with E-state index in [0.717, 1.165) is 14.4 Å². The second-order valence-corrected chi connectivity index (χ2v) is 8.95. The van der Waals surface area contributed by atoms with E-state index in [1.807, 2.05) is 0 Å². The maximum absolute atomic E-state index is 11.0. The Labute approximate surface area is 157 Å². The highest BCUT2D eigenvalue weighted by Crippen LogP contribution is 2.32. The summed E-state index contributed by atoms with van der Waals surface area (Å²) in [6, 6.07) is 14.8. The first-order chi connectivity index (χ1) is 12.3. The molecule has 8 heteroatoms. The van der Waals surface area contributed by atoms with E-state index in [9.17, 15) is 4.79 Å². The summed E-state index contributed by atoms with van der Waals surface area (Å²) in [7, 11) is 0. The normalized spacial score (nSPS) is 16.8. The number of ether oxygens (including phenoxy) is 1. The fourth-order valence-electron chi connectivity index (χ4n) is 2.56. The van der Waals surface area contributed by atoms with Crippen molar-refractivity contribution < 1.29 is 9.53 Å². The Bertz CT molecular complexity index is 894. The molecule has 0 saturated carbocycles. The van der Waals surface area contributed by atoms with Crippen LogP contribution in [0.1, 0.15) is 5.56 Å². The van der Waals surface area contributed by atoms with E-state index in [-0.39, 0.29) is 12.2 Å². The fourth-order valence-corrected chi connectivity index (χ4v) is 5.60. The van der Waals surface area contributed by atoms with Crippen LogP contribution in [0.2, 0.25) is 0 Å².